The summed E-state index contributed by atoms with van der Waals surface area (Å²) in [5, 5.41) is 15.4. The molecule has 0 fully saturated rings. The van der Waals surface area contributed by atoms with E-state index in [1.54, 1.807) is 13.8 Å². The summed E-state index contributed by atoms with van der Waals surface area (Å²) in [5.74, 6) is -0.863. The Balaban J connectivity index is 2.10. The van der Waals surface area contributed by atoms with E-state index in [0.717, 1.165) is 10.9 Å². The Labute approximate surface area is 136 Å². The second kappa shape index (κ2) is 7.33. The normalized spacial score (nSPS) is 15.4. The van der Waals surface area contributed by atoms with Gasteiger partial charge < -0.3 is 15.2 Å². The van der Waals surface area contributed by atoms with Crippen LogP contribution in [0.2, 0.25) is 0 Å². The molecule has 0 saturated carbocycles. The average Bonchev–Trinajstić information content (AvgIpc) is 2.99. The number of nitrogens with one attached hydrogen (secondary N) is 1. The molecule has 0 amide bonds. The van der Waals surface area contributed by atoms with Gasteiger partial charge in [0.25, 0.3) is 0 Å². The Bertz CT molecular complexity index is 632. The van der Waals surface area contributed by atoms with Gasteiger partial charge in [-0.1, -0.05) is 12.1 Å². The minimum atomic E-state index is -3.03. The molecule has 0 spiro atoms. The van der Waals surface area contributed by atoms with Gasteiger partial charge in [-0.15, -0.1) is 11.3 Å². The summed E-state index contributed by atoms with van der Waals surface area (Å²) in [5.41, 5.74) is -0.694. The van der Waals surface area contributed by atoms with Crippen LogP contribution in [0.1, 0.15) is 30.3 Å². The van der Waals surface area contributed by atoms with Crippen LogP contribution in [-0.2, 0) is 5.60 Å². The molecule has 2 N–H and O–H groups in total. The van der Waals surface area contributed by atoms with Crippen LogP contribution in [-0.4, -0.2) is 18.3 Å². The third-order valence-electron chi connectivity index (χ3n) is 3.46. The Kier molecular flexibility index (Phi) is 5.67. The molecule has 1 heterocycles. The van der Waals surface area contributed by atoms with Crippen LogP contribution in [0.4, 0.5) is 13.2 Å². The number of ether oxygens (including phenoxy) is 1. The van der Waals surface area contributed by atoms with Crippen molar-refractivity contribution < 1.29 is 23.0 Å². The summed E-state index contributed by atoms with van der Waals surface area (Å²) in [7, 11) is 0. The summed E-state index contributed by atoms with van der Waals surface area (Å²) in [4.78, 5) is 0.792. The zero-order valence-corrected chi connectivity index (χ0v) is 13.5. The highest BCUT2D eigenvalue weighted by atomic mass is 32.1. The number of hydrogen-bond donors (Lipinski definition) is 2. The number of benzene rings is 1. The largest absolute Gasteiger partial charge is 0.434 e. The van der Waals surface area contributed by atoms with Gasteiger partial charge in [0.2, 0.25) is 0 Å². The minimum Gasteiger partial charge on any atom is -0.434 e. The first-order chi connectivity index (χ1) is 10.8. The van der Waals surface area contributed by atoms with Gasteiger partial charge in [0.15, 0.2) is 0 Å². The molecular formula is C16H18F3NO2S. The Morgan fingerprint density at radius 3 is 2.70 bits per heavy atom. The van der Waals surface area contributed by atoms with Crippen molar-refractivity contribution >= 4 is 11.3 Å². The molecule has 0 aliphatic heterocycles. The molecule has 0 bridgehead atoms. The molecule has 1 aromatic carbocycles. The summed E-state index contributed by atoms with van der Waals surface area (Å²) in [6.07, 6.45) is 0. The van der Waals surface area contributed by atoms with Crippen molar-refractivity contribution in [3.05, 3.63) is 52.0 Å². The molecule has 2 unspecified atom stereocenters. The van der Waals surface area contributed by atoms with Crippen molar-refractivity contribution in [2.24, 2.45) is 0 Å². The van der Waals surface area contributed by atoms with Gasteiger partial charge in [-0.3, -0.25) is 0 Å². The van der Waals surface area contributed by atoms with Crippen molar-refractivity contribution in [1.82, 2.24) is 5.32 Å². The first-order valence-corrected chi connectivity index (χ1v) is 7.91. The van der Waals surface area contributed by atoms with E-state index in [0.29, 0.717) is 5.56 Å². The van der Waals surface area contributed by atoms with Gasteiger partial charge in [0, 0.05) is 29.1 Å². The molecule has 3 nitrogen and oxygen atoms in total. The fourth-order valence-corrected chi connectivity index (χ4v) is 2.98. The van der Waals surface area contributed by atoms with E-state index >= 15 is 0 Å². The van der Waals surface area contributed by atoms with Crippen LogP contribution in [0.25, 0.3) is 0 Å². The number of alkyl halides is 2. The van der Waals surface area contributed by atoms with Crippen LogP contribution in [0, 0.1) is 5.82 Å². The molecule has 0 aliphatic carbocycles. The minimum absolute atomic E-state index is 0.209. The van der Waals surface area contributed by atoms with Crippen molar-refractivity contribution in [3.63, 3.8) is 0 Å². The first kappa shape index (κ1) is 17.8. The number of thiophene rings is 1. The van der Waals surface area contributed by atoms with Crippen molar-refractivity contribution in [2.75, 3.05) is 6.54 Å². The second-order valence-corrected chi connectivity index (χ2v) is 6.36. The van der Waals surface area contributed by atoms with Crippen LogP contribution in [0.5, 0.6) is 5.75 Å². The third kappa shape index (κ3) is 4.70. The standard InChI is InChI=1S/C16H18F3NO2S/c1-10(20-9-16(2,21)14-4-3-7-23-14)12-6-5-11(17)8-13(12)22-15(18)19/h3-8,10,15,20-21H,9H2,1-2H3. The molecule has 2 rings (SSSR count). The van der Waals surface area contributed by atoms with Gasteiger partial charge in [-0.25, -0.2) is 4.39 Å². The van der Waals surface area contributed by atoms with E-state index < -0.39 is 24.1 Å². The molecule has 1 aromatic heterocycles. The van der Waals surface area contributed by atoms with E-state index in [9.17, 15) is 18.3 Å². The van der Waals surface area contributed by atoms with Crippen molar-refractivity contribution in [1.29, 1.82) is 0 Å². The molecule has 23 heavy (non-hydrogen) atoms. The lowest BCUT2D eigenvalue weighted by molar-refractivity contribution is -0.0509. The highest BCUT2D eigenvalue weighted by Gasteiger charge is 2.25. The lowest BCUT2D eigenvalue weighted by Gasteiger charge is -2.26. The molecule has 0 aliphatic rings. The fraction of sp³-hybridized carbons (Fsp3) is 0.375. The van der Waals surface area contributed by atoms with Gasteiger partial charge in [-0.2, -0.15) is 8.78 Å². The van der Waals surface area contributed by atoms with Gasteiger partial charge in [0.05, 0.1) is 0 Å². The average molecular weight is 345 g/mol. The first-order valence-electron chi connectivity index (χ1n) is 7.03. The lowest BCUT2D eigenvalue weighted by Crippen LogP contribution is -2.36. The lowest BCUT2D eigenvalue weighted by atomic mass is 10.0. The van der Waals surface area contributed by atoms with E-state index in [1.807, 2.05) is 17.5 Å². The zero-order valence-electron chi connectivity index (χ0n) is 12.7. The quantitative estimate of drug-likeness (QED) is 0.796. The number of aliphatic hydroxyl groups is 1. The summed E-state index contributed by atoms with van der Waals surface area (Å²) in [6, 6.07) is 6.76. The SMILES string of the molecule is CC(NCC(C)(O)c1cccs1)c1ccc(F)cc1OC(F)F. The maximum atomic E-state index is 13.2. The van der Waals surface area contributed by atoms with Gasteiger partial charge in [0.1, 0.15) is 17.2 Å². The second-order valence-electron chi connectivity index (χ2n) is 5.41. The van der Waals surface area contributed by atoms with Crippen molar-refractivity contribution in [2.45, 2.75) is 32.1 Å². The van der Waals surface area contributed by atoms with Gasteiger partial charge in [-0.05, 0) is 31.4 Å². The van der Waals surface area contributed by atoms with E-state index in [1.165, 1.54) is 23.5 Å². The Morgan fingerprint density at radius 2 is 2.09 bits per heavy atom. The molecule has 2 atom stereocenters. The fourth-order valence-electron chi connectivity index (χ4n) is 2.20. The Morgan fingerprint density at radius 1 is 1.35 bits per heavy atom. The molecule has 2 aromatic rings. The monoisotopic (exact) mass is 345 g/mol. The van der Waals surface area contributed by atoms with Crippen molar-refractivity contribution in [3.8, 4) is 5.75 Å². The smallest absolute Gasteiger partial charge is 0.387 e. The van der Waals surface area contributed by atoms with E-state index in [-0.39, 0.29) is 12.3 Å². The van der Waals surface area contributed by atoms with E-state index in [2.05, 4.69) is 10.1 Å². The van der Waals surface area contributed by atoms with Crippen LogP contribution < -0.4 is 10.1 Å². The highest BCUT2D eigenvalue weighted by Crippen LogP contribution is 2.29. The number of halogens is 3. The predicted molar refractivity (Wildman–Crippen MR) is 83.3 cm³/mol. The third-order valence-corrected chi connectivity index (χ3v) is 4.59. The summed E-state index contributed by atoms with van der Waals surface area (Å²) in [6.45, 7) is 0.577. The molecule has 0 saturated heterocycles. The topological polar surface area (TPSA) is 41.5 Å². The molecular weight excluding hydrogens is 327 g/mol. The summed E-state index contributed by atoms with van der Waals surface area (Å²) >= 11 is 1.43. The predicted octanol–water partition coefficient (Wildman–Crippen LogP) is 4.05. The molecule has 0 radical (unpaired) electrons. The van der Waals surface area contributed by atoms with E-state index in [4.69, 9.17) is 0 Å². The summed E-state index contributed by atoms with van der Waals surface area (Å²) < 4.78 is 42.5. The molecule has 126 valence electrons. The maximum absolute atomic E-state index is 13.2. The number of rotatable bonds is 7. The van der Waals surface area contributed by atoms with Gasteiger partial charge >= 0.3 is 6.61 Å². The van der Waals surface area contributed by atoms with Crippen LogP contribution in [0.15, 0.2) is 35.7 Å². The Hall–Kier alpha value is -1.57. The van der Waals surface area contributed by atoms with Crippen LogP contribution in [0.3, 0.4) is 0 Å². The number of hydrogen-bond acceptors (Lipinski definition) is 4. The van der Waals surface area contributed by atoms with Crippen LogP contribution >= 0.6 is 11.3 Å². The highest BCUT2D eigenvalue weighted by molar-refractivity contribution is 7.10. The maximum Gasteiger partial charge on any atom is 0.387 e. The zero-order chi connectivity index (χ0) is 17.0. The molecule has 7 heteroatoms.